The minimum absolute atomic E-state index is 0.00883. The van der Waals surface area contributed by atoms with E-state index in [2.05, 4.69) is 53.7 Å². The number of carbonyl (C=O) groups excluding carboxylic acids is 1. The lowest BCUT2D eigenvalue weighted by atomic mass is 10.1. The van der Waals surface area contributed by atoms with E-state index in [-0.39, 0.29) is 18.1 Å². The third-order valence-electron chi connectivity index (χ3n) is 5.86. The molecule has 2 aromatic rings. The van der Waals surface area contributed by atoms with E-state index in [1.807, 2.05) is 24.3 Å². The number of hydrogen-bond donors (Lipinski definition) is 2. The predicted octanol–water partition coefficient (Wildman–Crippen LogP) is 4.58. The van der Waals surface area contributed by atoms with E-state index in [1.165, 1.54) is 25.7 Å². The molecule has 1 aliphatic rings. The van der Waals surface area contributed by atoms with Crippen molar-refractivity contribution in [1.82, 2.24) is 10.6 Å². The van der Waals surface area contributed by atoms with Gasteiger partial charge in [0, 0.05) is 25.1 Å². The first kappa shape index (κ1) is 24.8. The van der Waals surface area contributed by atoms with E-state index >= 15 is 0 Å². The third kappa shape index (κ3) is 8.57. The van der Waals surface area contributed by atoms with Gasteiger partial charge in [0.1, 0.15) is 5.75 Å². The predicted molar refractivity (Wildman–Crippen MR) is 132 cm³/mol. The lowest BCUT2D eigenvalue weighted by Gasteiger charge is -2.13. The largest absolute Gasteiger partial charge is 0.497 e. The van der Waals surface area contributed by atoms with Gasteiger partial charge >= 0.3 is 0 Å². The molecule has 0 bridgehead atoms. The maximum Gasteiger partial charge on any atom is 0.237 e. The Labute approximate surface area is 198 Å². The molecule has 5 nitrogen and oxygen atoms in total. The highest BCUT2D eigenvalue weighted by atomic mass is 16.5. The first-order chi connectivity index (χ1) is 16.2. The van der Waals surface area contributed by atoms with Crippen LogP contribution in [0.25, 0.3) is 0 Å². The quantitative estimate of drug-likeness (QED) is 0.390. The molecule has 1 fully saturated rings. The summed E-state index contributed by atoms with van der Waals surface area (Å²) < 4.78 is 11.2. The Kier molecular flexibility index (Phi) is 10.3. The molecule has 1 aliphatic heterocycles. The lowest BCUT2D eigenvalue weighted by molar-refractivity contribution is -0.123. The highest BCUT2D eigenvalue weighted by Crippen LogP contribution is 2.15. The molecule has 0 saturated carbocycles. The molecule has 3 rings (SSSR count). The van der Waals surface area contributed by atoms with Gasteiger partial charge in [-0.2, -0.15) is 0 Å². The van der Waals surface area contributed by atoms with Crippen LogP contribution in [-0.4, -0.2) is 31.7 Å². The summed E-state index contributed by atoms with van der Waals surface area (Å²) in [6, 6.07) is 15.7. The molecule has 0 radical (unpaired) electrons. The molecule has 33 heavy (non-hydrogen) atoms. The van der Waals surface area contributed by atoms with Crippen molar-refractivity contribution in [3.05, 3.63) is 65.2 Å². The second-order valence-electron chi connectivity index (χ2n) is 8.50. The van der Waals surface area contributed by atoms with Gasteiger partial charge in [0.15, 0.2) is 0 Å². The average molecular weight is 449 g/mol. The van der Waals surface area contributed by atoms with E-state index in [4.69, 9.17) is 9.47 Å². The summed E-state index contributed by atoms with van der Waals surface area (Å²) in [6.45, 7) is 3.95. The molecule has 1 heterocycles. The SMILES string of the molecule is CCCCCCC#Cc1ccc(CO[C@H]2CN[C@H](C(=O)NCc3ccc(OC)cc3)C2)cc1. The second-order valence-corrected chi connectivity index (χ2v) is 8.50. The van der Waals surface area contributed by atoms with E-state index in [9.17, 15) is 4.79 Å². The van der Waals surface area contributed by atoms with Crippen LogP contribution in [0.2, 0.25) is 0 Å². The Hall–Kier alpha value is -2.81. The van der Waals surface area contributed by atoms with Gasteiger partial charge in [0.25, 0.3) is 0 Å². The fraction of sp³-hybridized carbons (Fsp3) is 0.464. The van der Waals surface area contributed by atoms with Gasteiger partial charge in [0.2, 0.25) is 5.91 Å². The average Bonchev–Trinajstić information content (AvgIpc) is 3.34. The Morgan fingerprint density at radius 1 is 1.06 bits per heavy atom. The highest BCUT2D eigenvalue weighted by Gasteiger charge is 2.29. The number of unbranched alkanes of at least 4 members (excludes halogenated alkanes) is 4. The molecule has 2 aromatic carbocycles. The van der Waals surface area contributed by atoms with Crippen LogP contribution < -0.4 is 15.4 Å². The van der Waals surface area contributed by atoms with E-state index in [0.717, 1.165) is 28.9 Å². The van der Waals surface area contributed by atoms with Gasteiger partial charge in [-0.1, -0.05) is 62.3 Å². The summed E-state index contributed by atoms with van der Waals surface area (Å²) in [5, 5.41) is 6.27. The summed E-state index contributed by atoms with van der Waals surface area (Å²) in [6.07, 6.45) is 6.67. The molecule has 1 amide bonds. The first-order valence-corrected chi connectivity index (χ1v) is 12.0. The van der Waals surface area contributed by atoms with E-state index < -0.39 is 0 Å². The molecule has 2 atom stereocenters. The number of benzene rings is 2. The Balaban J connectivity index is 1.35. The third-order valence-corrected chi connectivity index (χ3v) is 5.86. The molecular weight excluding hydrogens is 412 g/mol. The van der Waals surface area contributed by atoms with Crippen LogP contribution in [0.1, 0.15) is 62.1 Å². The Morgan fingerprint density at radius 3 is 2.55 bits per heavy atom. The Morgan fingerprint density at radius 2 is 1.82 bits per heavy atom. The summed E-state index contributed by atoms with van der Waals surface area (Å²) in [5.41, 5.74) is 3.21. The molecule has 176 valence electrons. The fourth-order valence-corrected chi connectivity index (χ4v) is 3.79. The van der Waals surface area contributed by atoms with Gasteiger partial charge in [-0.3, -0.25) is 4.79 Å². The number of ether oxygens (including phenoxy) is 2. The van der Waals surface area contributed by atoms with Crippen molar-refractivity contribution >= 4 is 5.91 Å². The fourth-order valence-electron chi connectivity index (χ4n) is 3.79. The molecule has 0 aromatic heterocycles. The van der Waals surface area contributed by atoms with Crippen LogP contribution in [0, 0.1) is 11.8 Å². The number of hydrogen-bond acceptors (Lipinski definition) is 4. The van der Waals surface area contributed by atoms with Crippen LogP contribution in [0.5, 0.6) is 5.75 Å². The summed E-state index contributed by atoms with van der Waals surface area (Å²) in [5.74, 6) is 7.32. The van der Waals surface area contributed by atoms with E-state index in [0.29, 0.717) is 26.1 Å². The maximum atomic E-state index is 12.5. The Bertz CT molecular complexity index is 913. The number of rotatable bonds is 11. The summed E-state index contributed by atoms with van der Waals surface area (Å²) in [7, 11) is 1.64. The number of nitrogens with one attached hydrogen (secondary N) is 2. The van der Waals surface area contributed by atoms with Crippen LogP contribution in [0.4, 0.5) is 0 Å². The smallest absolute Gasteiger partial charge is 0.237 e. The topological polar surface area (TPSA) is 59.6 Å². The first-order valence-electron chi connectivity index (χ1n) is 12.0. The van der Waals surface area contributed by atoms with Crippen molar-refractivity contribution in [3.63, 3.8) is 0 Å². The van der Waals surface area contributed by atoms with Gasteiger partial charge in [0.05, 0.1) is 25.9 Å². The van der Waals surface area contributed by atoms with Crippen LogP contribution >= 0.6 is 0 Å². The minimum Gasteiger partial charge on any atom is -0.497 e. The molecule has 0 spiro atoms. The molecule has 5 heteroatoms. The number of carbonyl (C=O) groups is 1. The summed E-state index contributed by atoms with van der Waals surface area (Å²) in [4.78, 5) is 12.5. The molecule has 0 aliphatic carbocycles. The summed E-state index contributed by atoms with van der Waals surface area (Å²) >= 11 is 0. The maximum absolute atomic E-state index is 12.5. The standard InChI is InChI=1S/C28H36N2O3/c1-3-4-5-6-7-8-9-22-10-12-24(13-11-22)21-33-26-18-27(29-20-26)28(31)30-19-23-14-16-25(32-2)17-15-23/h10-17,26-27,29H,3-7,18-21H2,1-2H3,(H,30,31)/t26-,27+/m1/s1. The lowest BCUT2D eigenvalue weighted by Crippen LogP contribution is -2.39. The van der Waals surface area contributed by atoms with Gasteiger partial charge in [-0.15, -0.1) is 0 Å². The monoisotopic (exact) mass is 448 g/mol. The van der Waals surface area contributed by atoms with Gasteiger partial charge < -0.3 is 20.1 Å². The molecular formula is C28H36N2O3. The van der Waals surface area contributed by atoms with Crippen molar-refractivity contribution in [2.24, 2.45) is 0 Å². The highest BCUT2D eigenvalue weighted by molar-refractivity contribution is 5.82. The zero-order valence-corrected chi connectivity index (χ0v) is 19.9. The number of methoxy groups -OCH3 is 1. The molecule has 2 N–H and O–H groups in total. The van der Waals surface area contributed by atoms with Gasteiger partial charge in [-0.05, 0) is 48.2 Å². The van der Waals surface area contributed by atoms with Crippen molar-refractivity contribution in [2.75, 3.05) is 13.7 Å². The van der Waals surface area contributed by atoms with Crippen molar-refractivity contribution in [3.8, 4) is 17.6 Å². The minimum atomic E-state index is -0.219. The number of amides is 1. The zero-order valence-electron chi connectivity index (χ0n) is 19.9. The van der Waals surface area contributed by atoms with Crippen LogP contribution in [-0.2, 0) is 22.7 Å². The molecule has 0 unspecified atom stereocenters. The van der Waals surface area contributed by atoms with E-state index in [1.54, 1.807) is 7.11 Å². The zero-order chi connectivity index (χ0) is 23.3. The van der Waals surface area contributed by atoms with Crippen LogP contribution in [0.3, 0.4) is 0 Å². The van der Waals surface area contributed by atoms with Crippen molar-refractivity contribution in [1.29, 1.82) is 0 Å². The normalized spacial score (nSPS) is 17.3. The van der Waals surface area contributed by atoms with Gasteiger partial charge in [-0.25, -0.2) is 0 Å². The second kappa shape index (κ2) is 13.7. The molecule has 1 saturated heterocycles. The van der Waals surface area contributed by atoms with Crippen LogP contribution in [0.15, 0.2) is 48.5 Å². The van der Waals surface area contributed by atoms with Crippen molar-refractivity contribution in [2.45, 2.75) is 70.7 Å². The van der Waals surface area contributed by atoms with Crippen molar-refractivity contribution < 1.29 is 14.3 Å².